The van der Waals surface area contributed by atoms with Gasteiger partial charge < -0.3 is 10.1 Å². The van der Waals surface area contributed by atoms with Crippen molar-refractivity contribution in [3.05, 3.63) is 35.4 Å². The molecule has 1 aromatic carbocycles. The Morgan fingerprint density at radius 3 is 2.76 bits per heavy atom. The fraction of sp³-hybridized carbons (Fsp3) is 0.625. The predicted molar refractivity (Wildman–Crippen MR) is 79.6 cm³/mol. The Bertz CT molecular complexity index is 452. The molecule has 0 amide bonds. The van der Waals surface area contributed by atoms with Crippen molar-refractivity contribution in [3.8, 4) is 0 Å². The maximum Gasteiger partial charge on any atom is 0.263 e. The van der Waals surface area contributed by atoms with Crippen molar-refractivity contribution in [2.45, 2.75) is 38.5 Å². The van der Waals surface area contributed by atoms with E-state index in [-0.39, 0.29) is 17.7 Å². The molecule has 0 aromatic heterocycles. The molecule has 0 bridgehead atoms. The number of likely N-dealkylation sites (N-methyl/N-ethyl adjacent to an activating group) is 1. The Balaban J connectivity index is 2.34. The minimum absolute atomic E-state index is 0.00454. The number of nitrogens with zero attached hydrogens (tertiary/aromatic N) is 1. The summed E-state index contributed by atoms with van der Waals surface area (Å²) in [5.74, 6) is 0. The summed E-state index contributed by atoms with van der Waals surface area (Å²) in [5, 5.41) is 3.13. The van der Waals surface area contributed by atoms with E-state index in [2.05, 4.69) is 24.1 Å². The second kappa shape index (κ2) is 7.29. The normalized spacial score (nSPS) is 24.0. The van der Waals surface area contributed by atoms with Crippen LogP contribution in [0.1, 0.15) is 37.4 Å². The topological polar surface area (TPSA) is 24.5 Å². The standard InChI is InChI=1S/C16H24F2N2O/c1-11(2)20-7-8-21-14(10-19-3)15(20)12-5-4-6-13(9-12)16(17)18/h4-6,9,11,14-16,19H,7-8,10H2,1-3H3. The molecule has 0 saturated carbocycles. The van der Waals surface area contributed by atoms with Crippen LogP contribution in [-0.4, -0.2) is 43.8 Å². The summed E-state index contributed by atoms with van der Waals surface area (Å²) < 4.78 is 31.8. The minimum Gasteiger partial charge on any atom is -0.374 e. The molecule has 2 rings (SSSR count). The molecule has 1 aliphatic rings. The highest BCUT2D eigenvalue weighted by atomic mass is 19.3. The zero-order valence-corrected chi connectivity index (χ0v) is 12.9. The Kier molecular flexibility index (Phi) is 5.67. The molecular weight excluding hydrogens is 274 g/mol. The summed E-state index contributed by atoms with van der Waals surface area (Å²) in [4.78, 5) is 2.33. The smallest absolute Gasteiger partial charge is 0.263 e. The van der Waals surface area contributed by atoms with E-state index >= 15 is 0 Å². The first-order valence-corrected chi connectivity index (χ1v) is 7.44. The number of rotatable bonds is 5. The Hall–Kier alpha value is -1.04. The molecule has 1 saturated heterocycles. The van der Waals surface area contributed by atoms with E-state index in [9.17, 15) is 8.78 Å². The SMILES string of the molecule is CNCC1OCCN(C(C)C)C1c1cccc(C(F)F)c1. The summed E-state index contributed by atoms with van der Waals surface area (Å²) in [7, 11) is 1.88. The van der Waals surface area contributed by atoms with Crippen molar-refractivity contribution < 1.29 is 13.5 Å². The van der Waals surface area contributed by atoms with Crippen molar-refractivity contribution in [3.63, 3.8) is 0 Å². The molecule has 1 fully saturated rings. The molecule has 1 aromatic rings. The van der Waals surface area contributed by atoms with Crippen LogP contribution in [0, 0.1) is 0 Å². The van der Waals surface area contributed by atoms with Crippen LogP contribution < -0.4 is 5.32 Å². The van der Waals surface area contributed by atoms with Gasteiger partial charge in [0.1, 0.15) is 0 Å². The molecule has 3 nitrogen and oxygen atoms in total. The van der Waals surface area contributed by atoms with Gasteiger partial charge >= 0.3 is 0 Å². The summed E-state index contributed by atoms with van der Waals surface area (Å²) in [6, 6.07) is 7.06. The number of alkyl halides is 2. The average Bonchev–Trinajstić information content (AvgIpc) is 2.47. The van der Waals surface area contributed by atoms with E-state index in [4.69, 9.17) is 4.74 Å². The van der Waals surface area contributed by atoms with Gasteiger partial charge in [-0.15, -0.1) is 0 Å². The van der Waals surface area contributed by atoms with Crippen LogP contribution in [0.5, 0.6) is 0 Å². The summed E-state index contributed by atoms with van der Waals surface area (Å²) in [5.41, 5.74) is 0.978. The number of nitrogens with one attached hydrogen (secondary N) is 1. The van der Waals surface area contributed by atoms with Crippen molar-refractivity contribution in [2.75, 3.05) is 26.7 Å². The maximum absolute atomic E-state index is 13.0. The number of hydrogen-bond donors (Lipinski definition) is 1. The first-order valence-electron chi connectivity index (χ1n) is 7.44. The lowest BCUT2D eigenvalue weighted by molar-refractivity contribution is -0.0815. The third-order valence-electron chi connectivity index (χ3n) is 3.96. The Labute approximate surface area is 125 Å². The molecule has 0 radical (unpaired) electrons. The molecule has 0 spiro atoms. The molecule has 118 valence electrons. The van der Waals surface area contributed by atoms with Crippen molar-refractivity contribution in [1.82, 2.24) is 10.2 Å². The van der Waals surface area contributed by atoms with E-state index in [0.29, 0.717) is 19.2 Å². The van der Waals surface area contributed by atoms with Gasteiger partial charge in [0.2, 0.25) is 0 Å². The third kappa shape index (κ3) is 3.78. The van der Waals surface area contributed by atoms with Gasteiger partial charge in [0, 0.05) is 24.7 Å². The van der Waals surface area contributed by atoms with E-state index in [0.717, 1.165) is 12.1 Å². The monoisotopic (exact) mass is 298 g/mol. The largest absolute Gasteiger partial charge is 0.374 e. The van der Waals surface area contributed by atoms with E-state index in [1.807, 2.05) is 13.1 Å². The second-order valence-electron chi connectivity index (χ2n) is 5.71. The van der Waals surface area contributed by atoms with Crippen molar-refractivity contribution in [1.29, 1.82) is 0 Å². The van der Waals surface area contributed by atoms with E-state index in [1.54, 1.807) is 12.1 Å². The van der Waals surface area contributed by atoms with Gasteiger partial charge in [-0.1, -0.05) is 18.2 Å². The highest BCUT2D eigenvalue weighted by Crippen LogP contribution is 2.33. The van der Waals surface area contributed by atoms with Crippen LogP contribution in [0.15, 0.2) is 24.3 Å². The molecule has 21 heavy (non-hydrogen) atoms. The van der Waals surface area contributed by atoms with Crippen LogP contribution in [0.25, 0.3) is 0 Å². The number of halogens is 2. The van der Waals surface area contributed by atoms with Crippen LogP contribution >= 0.6 is 0 Å². The van der Waals surface area contributed by atoms with Gasteiger partial charge in [-0.2, -0.15) is 0 Å². The van der Waals surface area contributed by atoms with Crippen molar-refractivity contribution >= 4 is 0 Å². The van der Waals surface area contributed by atoms with Gasteiger partial charge in [-0.25, -0.2) is 8.78 Å². The lowest BCUT2D eigenvalue weighted by Gasteiger charge is -2.44. The predicted octanol–water partition coefficient (Wildman–Crippen LogP) is 2.99. The highest BCUT2D eigenvalue weighted by Gasteiger charge is 2.34. The Morgan fingerprint density at radius 2 is 2.14 bits per heavy atom. The first kappa shape index (κ1) is 16.3. The number of ether oxygens (including phenoxy) is 1. The molecule has 5 heteroatoms. The Morgan fingerprint density at radius 1 is 1.38 bits per heavy atom. The van der Waals surface area contributed by atoms with Crippen LogP contribution in [0.2, 0.25) is 0 Å². The zero-order chi connectivity index (χ0) is 15.4. The summed E-state index contributed by atoms with van der Waals surface area (Å²) in [6.07, 6.45) is -2.47. The lowest BCUT2D eigenvalue weighted by atomic mass is 9.95. The zero-order valence-electron chi connectivity index (χ0n) is 12.9. The number of morpholine rings is 1. The molecule has 1 aliphatic heterocycles. The minimum atomic E-state index is -2.44. The fourth-order valence-electron chi connectivity index (χ4n) is 2.99. The van der Waals surface area contributed by atoms with Crippen LogP contribution in [0.4, 0.5) is 8.78 Å². The van der Waals surface area contributed by atoms with Gasteiger partial charge in [0.05, 0.1) is 18.8 Å². The third-order valence-corrected chi connectivity index (χ3v) is 3.96. The van der Waals surface area contributed by atoms with Gasteiger partial charge in [-0.3, -0.25) is 4.90 Å². The lowest BCUT2D eigenvalue weighted by Crippen LogP contribution is -2.51. The molecule has 1 heterocycles. The van der Waals surface area contributed by atoms with Crippen molar-refractivity contribution in [2.24, 2.45) is 0 Å². The number of hydrogen-bond acceptors (Lipinski definition) is 3. The molecule has 2 atom stereocenters. The van der Waals surface area contributed by atoms with E-state index < -0.39 is 6.43 Å². The number of benzene rings is 1. The van der Waals surface area contributed by atoms with Crippen LogP contribution in [-0.2, 0) is 4.74 Å². The van der Waals surface area contributed by atoms with Crippen LogP contribution in [0.3, 0.4) is 0 Å². The molecule has 0 aliphatic carbocycles. The average molecular weight is 298 g/mol. The molecule has 1 N–H and O–H groups in total. The summed E-state index contributed by atoms with van der Waals surface area (Å²) in [6.45, 7) is 6.46. The van der Waals surface area contributed by atoms with Gasteiger partial charge in [-0.05, 0) is 32.5 Å². The quantitative estimate of drug-likeness (QED) is 0.904. The molecular formula is C16H24F2N2O. The fourth-order valence-corrected chi connectivity index (χ4v) is 2.99. The second-order valence-corrected chi connectivity index (χ2v) is 5.71. The van der Waals surface area contributed by atoms with Gasteiger partial charge in [0.25, 0.3) is 6.43 Å². The molecule has 2 unspecified atom stereocenters. The first-order chi connectivity index (χ1) is 10.0. The summed E-state index contributed by atoms with van der Waals surface area (Å²) >= 11 is 0. The van der Waals surface area contributed by atoms with Gasteiger partial charge in [0.15, 0.2) is 0 Å². The highest BCUT2D eigenvalue weighted by molar-refractivity contribution is 5.28. The maximum atomic E-state index is 13.0. The van der Waals surface area contributed by atoms with E-state index in [1.165, 1.54) is 6.07 Å².